The SMILES string of the molecule is CCCCCC/C=C\CCCCCCCC(=O)OC[C@H](COP(=O)(O)OCCN)OC(=O)CCCCCCC/C=C\CCCCCC. The molecule has 0 fully saturated rings. The van der Waals surface area contributed by atoms with Gasteiger partial charge in [-0.25, -0.2) is 4.57 Å². The fraction of sp³-hybridized carbons (Fsp3) is 0.838. The third kappa shape index (κ3) is 34.2. The Morgan fingerprint density at radius 3 is 1.51 bits per heavy atom. The number of nitrogens with two attached hydrogens (primary N) is 1. The monoisotopic (exact) mass is 687 g/mol. The first-order valence-corrected chi connectivity index (χ1v) is 20.3. The van der Waals surface area contributed by atoms with Crippen molar-refractivity contribution in [3.05, 3.63) is 24.3 Å². The van der Waals surface area contributed by atoms with Crippen LogP contribution in [0.5, 0.6) is 0 Å². The van der Waals surface area contributed by atoms with Gasteiger partial charge >= 0.3 is 19.8 Å². The van der Waals surface area contributed by atoms with Crippen LogP contribution in [0.15, 0.2) is 24.3 Å². The smallest absolute Gasteiger partial charge is 0.462 e. The molecule has 10 heteroatoms. The van der Waals surface area contributed by atoms with Gasteiger partial charge in [-0.3, -0.25) is 18.6 Å². The largest absolute Gasteiger partial charge is 0.472 e. The Balaban J connectivity index is 4.26. The quantitative estimate of drug-likeness (QED) is 0.0289. The summed E-state index contributed by atoms with van der Waals surface area (Å²) in [7, 11) is -4.37. The number of esters is 2. The Kier molecular flexibility index (Phi) is 33.3. The highest BCUT2D eigenvalue weighted by Gasteiger charge is 2.25. The molecule has 0 amide bonds. The molecule has 47 heavy (non-hydrogen) atoms. The molecule has 0 aliphatic heterocycles. The molecule has 0 radical (unpaired) electrons. The maximum Gasteiger partial charge on any atom is 0.472 e. The minimum absolute atomic E-state index is 0.0516. The van der Waals surface area contributed by atoms with Crippen LogP contribution in [-0.2, 0) is 32.7 Å². The molecule has 0 bridgehead atoms. The van der Waals surface area contributed by atoms with Gasteiger partial charge in [-0.05, 0) is 64.2 Å². The Labute approximate surface area is 287 Å². The van der Waals surface area contributed by atoms with E-state index in [1.165, 1.54) is 64.2 Å². The molecule has 0 saturated heterocycles. The standard InChI is InChI=1S/C37H70NO8P/c1-3-5-7-9-11-13-15-17-19-21-23-25-27-29-36(39)43-33-35(34-45-47(41,42)44-32-31-38)46-37(40)30-28-26-24-22-20-18-16-14-12-10-8-6-4-2/h13-16,35H,3-12,17-34,38H2,1-2H3,(H,41,42)/b15-13-,16-14-/t35-/m1/s1. The van der Waals surface area contributed by atoms with Crippen molar-refractivity contribution in [2.24, 2.45) is 5.73 Å². The second-order valence-corrected chi connectivity index (χ2v) is 13.9. The normalized spacial score (nSPS) is 13.7. The molecule has 1 unspecified atom stereocenters. The first-order valence-electron chi connectivity index (χ1n) is 18.8. The number of phosphoric acid groups is 1. The minimum atomic E-state index is -4.37. The number of unbranched alkanes of at least 4 members (excludes halogenated alkanes) is 18. The van der Waals surface area contributed by atoms with Gasteiger partial charge in [0.25, 0.3) is 0 Å². The summed E-state index contributed by atoms with van der Waals surface area (Å²) in [5, 5.41) is 0. The van der Waals surface area contributed by atoms with E-state index in [0.29, 0.717) is 6.42 Å². The molecule has 276 valence electrons. The molecule has 0 aromatic rings. The summed E-state index contributed by atoms with van der Waals surface area (Å²) in [6.07, 6.45) is 33.5. The minimum Gasteiger partial charge on any atom is -0.462 e. The second kappa shape index (κ2) is 34.4. The van der Waals surface area contributed by atoms with Crippen LogP contribution >= 0.6 is 7.82 Å². The van der Waals surface area contributed by atoms with Crippen LogP contribution in [0, 0.1) is 0 Å². The van der Waals surface area contributed by atoms with Crippen LogP contribution in [0.4, 0.5) is 0 Å². The van der Waals surface area contributed by atoms with E-state index < -0.39 is 32.5 Å². The van der Waals surface area contributed by atoms with Crippen molar-refractivity contribution in [2.75, 3.05) is 26.4 Å². The molecular weight excluding hydrogens is 617 g/mol. The van der Waals surface area contributed by atoms with Gasteiger partial charge in [0, 0.05) is 19.4 Å². The van der Waals surface area contributed by atoms with Crippen LogP contribution in [0.1, 0.15) is 168 Å². The van der Waals surface area contributed by atoms with Gasteiger partial charge in [0.2, 0.25) is 0 Å². The topological polar surface area (TPSA) is 134 Å². The van der Waals surface area contributed by atoms with E-state index in [4.69, 9.17) is 24.3 Å². The number of phosphoric ester groups is 1. The molecule has 0 saturated carbocycles. The first kappa shape index (κ1) is 45.5. The van der Waals surface area contributed by atoms with Crippen molar-refractivity contribution >= 4 is 19.8 Å². The molecule has 0 heterocycles. The molecule has 9 nitrogen and oxygen atoms in total. The molecule has 0 rings (SSSR count). The van der Waals surface area contributed by atoms with Gasteiger partial charge in [-0.1, -0.05) is 115 Å². The van der Waals surface area contributed by atoms with Crippen LogP contribution < -0.4 is 5.73 Å². The van der Waals surface area contributed by atoms with Gasteiger partial charge in [0.05, 0.1) is 13.2 Å². The molecule has 0 aromatic heterocycles. The van der Waals surface area contributed by atoms with Gasteiger partial charge in [-0.15, -0.1) is 0 Å². The maximum absolute atomic E-state index is 12.5. The Hall–Kier alpha value is -1.51. The molecule has 0 aromatic carbocycles. The van der Waals surface area contributed by atoms with Crippen molar-refractivity contribution in [3.8, 4) is 0 Å². The highest BCUT2D eigenvalue weighted by atomic mass is 31.2. The van der Waals surface area contributed by atoms with Crippen molar-refractivity contribution in [3.63, 3.8) is 0 Å². The second-order valence-electron chi connectivity index (χ2n) is 12.4. The van der Waals surface area contributed by atoms with Gasteiger partial charge in [0.1, 0.15) is 6.61 Å². The maximum atomic E-state index is 12.5. The zero-order valence-electron chi connectivity index (χ0n) is 30.0. The van der Waals surface area contributed by atoms with Crippen molar-refractivity contribution < 1.29 is 37.6 Å². The fourth-order valence-electron chi connectivity index (χ4n) is 4.97. The van der Waals surface area contributed by atoms with E-state index >= 15 is 0 Å². The zero-order chi connectivity index (χ0) is 34.7. The number of rotatable bonds is 35. The predicted octanol–water partition coefficient (Wildman–Crippen LogP) is 10.0. The lowest BCUT2D eigenvalue weighted by molar-refractivity contribution is -0.161. The Morgan fingerprint density at radius 2 is 1.04 bits per heavy atom. The van der Waals surface area contributed by atoms with E-state index in [-0.39, 0.29) is 32.6 Å². The Morgan fingerprint density at radius 1 is 0.617 bits per heavy atom. The lowest BCUT2D eigenvalue weighted by Gasteiger charge is -2.19. The molecule has 0 aliphatic rings. The number of carbonyl (C=O) groups excluding carboxylic acids is 2. The number of hydrogen-bond acceptors (Lipinski definition) is 8. The summed E-state index contributed by atoms with van der Waals surface area (Å²) in [6, 6.07) is 0. The van der Waals surface area contributed by atoms with Crippen molar-refractivity contribution in [2.45, 2.75) is 174 Å². The average molecular weight is 688 g/mol. The molecular formula is C37H70NO8P. The third-order valence-electron chi connectivity index (χ3n) is 7.81. The summed E-state index contributed by atoms with van der Waals surface area (Å²) in [6.45, 7) is 3.67. The van der Waals surface area contributed by atoms with E-state index in [2.05, 4.69) is 38.2 Å². The van der Waals surface area contributed by atoms with Crippen molar-refractivity contribution in [1.82, 2.24) is 0 Å². The van der Waals surface area contributed by atoms with E-state index in [1.807, 2.05) is 0 Å². The lowest BCUT2D eigenvalue weighted by Crippen LogP contribution is -2.29. The summed E-state index contributed by atoms with van der Waals surface area (Å²) >= 11 is 0. The highest BCUT2D eigenvalue weighted by Crippen LogP contribution is 2.43. The van der Waals surface area contributed by atoms with Crippen molar-refractivity contribution in [1.29, 1.82) is 0 Å². The third-order valence-corrected chi connectivity index (χ3v) is 8.79. The fourth-order valence-corrected chi connectivity index (χ4v) is 5.74. The van der Waals surface area contributed by atoms with Crippen LogP contribution in [0.25, 0.3) is 0 Å². The predicted molar refractivity (Wildman–Crippen MR) is 192 cm³/mol. The number of carbonyl (C=O) groups is 2. The van der Waals surface area contributed by atoms with Crippen LogP contribution in [0.2, 0.25) is 0 Å². The molecule has 3 N–H and O–H groups in total. The summed E-state index contributed by atoms with van der Waals surface area (Å²) in [4.78, 5) is 34.6. The van der Waals surface area contributed by atoms with Gasteiger partial charge in [-0.2, -0.15) is 0 Å². The zero-order valence-corrected chi connectivity index (χ0v) is 30.9. The van der Waals surface area contributed by atoms with E-state index in [1.54, 1.807) is 0 Å². The summed E-state index contributed by atoms with van der Waals surface area (Å²) < 4.78 is 32.6. The molecule has 2 atom stereocenters. The first-order chi connectivity index (χ1) is 22.8. The lowest BCUT2D eigenvalue weighted by atomic mass is 10.1. The molecule has 0 aliphatic carbocycles. The van der Waals surface area contributed by atoms with E-state index in [9.17, 15) is 19.0 Å². The van der Waals surface area contributed by atoms with E-state index in [0.717, 1.165) is 70.6 Å². The summed E-state index contributed by atoms with van der Waals surface area (Å²) in [5.74, 6) is -0.849. The van der Waals surface area contributed by atoms with Gasteiger partial charge < -0.3 is 20.1 Å². The average Bonchev–Trinajstić information content (AvgIpc) is 3.05. The number of hydrogen-bond donors (Lipinski definition) is 2. The number of ether oxygens (including phenoxy) is 2. The highest BCUT2D eigenvalue weighted by molar-refractivity contribution is 7.47. The van der Waals surface area contributed by atoms with Crippen LogP contribution in [-0.4, -0.2) is 49.3 Å². The van der Waals surface area contributed by atoms with Crippen LogP contribution in [0.3, 0.4) is 0 Å². The van der Waals surface area contributed by atoms with Gasteiger partial charge in [0.15, 0.2) is 6.10 Å². The summed E-state index contributed by atoms with van der Waals surface area (Å²) in [5.41, 5.74) is 5.32. The molecule has 0 spiro atoms. The Bertz CT molecular complexity index is 835. The number of allylic oxidation sites excluding steroid dienone is 4.